The van der Waals surface area contributed by atoms with Crippen LogP contribution in [-0.2, 0) is 5.41 Å². The van der Waals surface area contributed by atoms with Crippen molar-refractivity contribution in [1.82, 2.24) is 9.97 Å². The molecule has 90 valence electrons. The molecule has 0 bridgehead atoms. The van der Waals surface area contributed by atoms with Crippen molar-refractivity contribution in [1.29, 1.82) is 0 Å². The highest BCUT2D eigenvalue weighted by molar-refractivity contribution is 5.78. The van der Waals surface area contributed by atoms with Crippen LogP contribution >= 0.6 is 0 Å². The van der Waals surface area contributed by atoms with Gasteiger partial charge >= 0.3 is 0 Å². The highest BCUT2D eigenvalue weighted by Crippen LogP contribution is 2.25. The molecule has 0 fully saturated rings. The number of benzene rings is 1. The number of rotatable bonds is 1. The van der Waals surface area contributed by atoms with Crippen LogP contribution in [0.25, 0.3) is 10.9 Å². The standard InChI is InChI=1S/C15H20N2/c1-10(2)14-16-9-11-8-12(15(3,4)5)6-7-13(11)17-14/h6-10H,1-5H3. The number of aromatic nitrogens is 2. The Morgan fingerprint density at radius 1 is 1.12 bits per heavy atom. The molecule has 17 heavy (non-hydrogen) atoms. The Morgan fingerprint density at radius 3 is 2.41 bits per heavy atom. The molecule has 0 unspecified atom stereocenters. The summed E-state index contributed by atoms with van der Waals surface area (Å²) in [6, 6.07) is 6.46. The second-order valence-electron chi connectivity index (χ2n) is 5.91. The van der Waals surface area contributed by atoms with Crippen molar-refractivity contribution in [2.75, 3.05) is 0 Å². The minimum atomic E-state index is 0.172. The number of nitrogens with zero attached hydrogens (tertiary/aromatic N) is 2. The third-order valence-corrected chi connectivity index (χ3v) is 2.98. The topological polar surface area (TPSA) is 25.8 Å². The summed E-state index contributed by atoms with van der Waals surface area (Å²) in [7, 11) is 0. The Labute approximate surface area is 103 Å². The molecule has 0 saturated carbocycles. The van der Waals surface area contributed by atoms with E-state index in [-0.39, 0.29) is 5.41 Å². The molecule has 2 heteroatoms. The molecule has 0 saturated heterocycles. The average Bonchev–Trinajstić information content (AvgIpc) is 2.26. The van der Waals surface area contributed by atoms with E-state index < -0.39 is 0 Å². The smallest absolute Gasteiger partial charge is 0.131 e. The first kappa shape index (κ1) is 12.0. The van der Waals surface area contributed by atoms with Crippen LogP contribution in [-0.4, -0.2) is 9.97 Å². The molecule has 0 spiro atoms. The first-order valence-electron chi connectivity index (χ1n) is 6.15. The van der Waals surface area contributed by atoms with Crippen LogP contribution < -0.4 is 0 Å². The average molecular weight is 228 g/mol. The Kier molecular flexibility index (Phi) is 2.90. The van der Waals surface area contributed by atoms with E-state index in [9.17, 15) is 0 Å². The summed E-state index contributed by atoms with van der Waals surface area (Å²) in [6.45, 7) is 10.9. The molecule has 2 nitrogen and oxygen atoms in total. The zero-order chi connectivity index (χ0) is 12.6. The molecule has 0 radical (unpaired) electrons. The van der Waals surface area contributed by atoms with Crippen molar-refractivity contribution in [2.45, 2.75) is 46.0 Å². The van der Waals surface area contributed by atoms with Gasteiger partial charge in [0.25, 0.3) is 0 Å². The molecule has 0 aliphatic carbocycles. The van der Waals surface area contributed by atoms with Crippen LogP contribution in [0, 0.1) is 0 Å². The van der Waals surface area contributed by atoms with Gasteiger partial charge in [-0.1, -0.05) is 40.7 Å². The highest BCUT2D eigenvalue weighted by Gasteiger charge is 2.14. The molecule has 1 aromatic heterocycles. The van der Waals surface area contributed by atoms with Crippen molar-refractivity contribution in [3.8, 4) is 0 Å². The van der Waals surface area contributed by atoms with Crippen molar-refractivity contribution in [3.05, 3.63) is 35.8 Å². The van der Waals surface area contributed by atoms with E-state index in [0.29, 0.717) is 5.92 Å². The van der Waals surface area contributed by atoms with Gasteiger partial charge in [-0.25, -0.2) is 9.97 Å². The van der Waals surface area contributed by atoms with E-state index in [2.05, 4.69) is 62.8 Å². The molecule has 0 aliphatic rings. The number of fused-ring (bicyclic) bond motifs is 1. The van der Waals surface area contributed by atoms with E-state index in [1.807, 2.05) is 6.20 Å². The zero-order valence-electron chi connectivity index (χ0n) is 11.3. The lowest BCUT2D eigenvalue weighted by atomic mass is 9.86. The van der Waals surface area contributed by atoms with Gasteiger partial charge in [0, 0.05) is 17.5 Å². The molecule has 0 N–H and O–H groups in total. The minimum Gasteiger partial charge on any atom is -0.240 e. The van der Waals surface area contributed by atoms with Gasteiger partial charge in [-0.3, -0.25) is 0 Å². The first-order valence-corrected chi connectivity index (χ1v) is 6.15. The molecule has 1 heterocycles. The third-order valence-electron chi connectivity index (χ3n) is 2.98. The lowest BCUT2D eigenvalue weighted by Crippen LogP contribution is -2.10. The third kappa shape index (κ3) is 2.46. The fourth-order valence-electron chi connectivity index (χ4n) is 1.79. The van der Waals surface area contributed by atoms with Crippen LogP contribution in [0.3, 0.4) is 0 Å². The predicted molar refractivity (Wildman–Crippen MR) is 72.3 cm³/mol. The Bertz CT molecular complexity index is 536. The van der Waals surface area contributed by atoms with E-state index >= 15 is 0 Å². The Balaban J connectivity index is 2.54. The summed E-state index contributed by atoms with van der Waals surface area (Å²) in [4.78, 5) is 9.01. The van der Waals surface area contributed by atoms with Gasteiger partial charge in [0.2, 0.25) is 0 Å². The molecular weight excluding hydrogens is 208 g/mol. The number of hydrogen-bond acceptors (Lipinski definition) is 2. The second-order valence-corrected chi connectivity index (χ2v) is 5.91. The Morgan fingerprint density at radius 2 is 1.82 bits per heavy atom. The zero-order valence-corrected chi connectivity index (χ0v) is 11.3. The summed E-state index contributed by atoms with van der Waals surface area (Å²) in [5.74, 6) is 1.29. The largest absolute Gasteiger partial charge is 0.240 e. The summed E-state index contributed by atoms with van der Waals surface area (Å²) in [6.07, 6.45) is 1.94. The van der Waals surface area contributed by atoms with Gasteiger partial charge in [-0.05, 0) is 23.1 Å². The molecule has 2 rings (SSSR count). The normalized spacial score (nSPS) is 12.4. The Hall–Kier alpha value is -1.44. The summed E-state index contributed by atoms with van der Waals surface area (Å²) in [5.41, 5.74) is 2.54. The quantitative estimate of drug-likeness (QED) is 0.736. The lowest BCUT2D eigenvalue weighted by molar-refractivity contribution is 0.591. The molecule has 0 amide bonds. The van der Waals surface area contributed by atoms with E-state index in [0.717, 1.165) is 16.7 Å². The van der Waals surface area contributed by atoms with Crippen LogP contribution in [0.4, 0.5) is 0 Å². The monoisotopic (exact) mass is 228 g/mol. The van der Waals surface area contributed by atoms with Crippen LogP contribution in [0.2, 0.25) is 0 Å². The molecule has 1 aromatic carbocycles. The fourth-order valence-corrected chi connectivity index (χ4v) is 1.79. The summed E-state index contributed by atoms with van der Waals surface area (Å²) in [5, 5.41) is 1.13. The van der Waals surface area contributed by atoms with Crippen molar-refractivity contribution in [2.24, 2.45) is 0 Å². The molecular formula is C15H20N2. The van der Waals surface area contributed by atoms with Gasteiger partial charge in [0.1, 0.15) is 5.82 Å². The fraction of sp³-hybridized carbons (Fsp3) is 0.467. The maximum Gasteiger partial charge on any atom is 0.131 e. The van der Waals surface area contributed by atoms with Crippen LogP contribution in [0.5, 0.6) is 0 Å². The first-order chi connectivity index (χ1) is 7.88. The van der Waals surface area contributed by atoms with Gasteiger partial charge in [0.05, 0.1) is 5.52 Å². The van der Waals surface area contributed by atoms with Crippen molar-refractivity contribution in [3.63, 3.8) is 0 Å². The van der Waals surface area contributed by atoms with Gasteiger partial charge < -0.3 is 0 Å². The lowest BCUT2D eigenvalue weighted by Gasteiger charge is -2.19. The second kappa shape index (κ2) is 4.10. The summed E-state index contributed by atoms with van der Waals surface area (Å²) >= 11 is 0. The maximum absolute atomic E-state index is 4.59. The summed E-state index contributed by atoms with van der Waals surface area (Å²) < 4.78 is 0. The van der Waals surface area contributed by atoms with Crippen LogP contribution in [0.1, 0.15) is 51.9 Å². The van der Waals surface area contributed by atoms with Crippen molar-refractivity contribution >= 4 is 10.9 Å². The van der Waals surface area contributed by atoms with Crippen LogP contribution in [0.15, 0.2) is 24.4 Å². The maximum atomic E-state index is 4.59. The highest BCUT2D eigenvalue weighted by atomic mass is 14.9. The molecule has 0 aliphatic heterocycles. The predicted octanol–water partition coefficient (Wildman–Crippen LogP) is 4.05. The SMILES string of the molecule is CC(C)c1ncc2cc(C(C)(C)C)ccc2n1. The van der Waals surface area contributed by atoms with E-state index in [1.54, 1.807) is 0 Å². The molecule has 0 atom stereocenters. The van der Waals surface area contributed by atoms with Gasteiger partial charge in [0.15, 0.2) is 0 Å². The van der Waals surface area contributed by atoms with Crippen molar-refractivity contribution < 1.29 is 0 Å². The van der Waals surface area contributed by atoms with E-state index in [4.69, 9.17) is 0 Å². The number of hydrogen-bond donors (Lipinski definition) is 0. The minimum absolute atomic E-state index is 0.172. The van der Waals surface area contributed by atoms with Gasteiger partial charge in [-0.15, -0.1) is 0 Å². The van der Waals surface area contributed by atoms with Gasteiger partial charge in [-0.2, -0.15) is 0 Å². The molecule has 2 aromatic rings. The van der Waals surface area contributed by atoms with E-state index in [1.165, 1.54) is 5.56 Å².